The van der Waals surface area contributed by atoms with Crippen LogP contribution in [0.2, 0.25) is 5.02 Å². The van der Waals surface area contributed by atoms with Gasteiger partial charge < -0.3 is 9.84 Å². The Balaban J connectivity index is 2.12. The summed E-state index contributed by atoms with van der Waals surface area (Å²) >= 11 is 6.09. The van der Waals surface area contributed by atoms with Crippen LogP contribution in [-0.2, 0) is 0 Å². The number of azo groups is 1. The normalized spacial score (nSPS) is 11.3. The third-order valence-corrected chi connectivity index (χ3v) is 3.68. The summed E-state index contributed by atoms with van der Waals surface area (Å²) in [7, 11) is 1.53. The van der Waals surface area contributed by atoms with Gasteiger partial charge in [-0.2, -0.15) is 0 Å². The van der Waals surface area contributed by atoms with Crippen molar-refractivity contribution in [3.63, 3.8) is 0 Å². The molecule has 3 aromatic rings. The maximum absolute atomic E-state index is 11.4. The van der Waals surface area contributed by atoms with Crippen LogP contribution in [0.25, 0.3) is 5.65 Å². The minimum absolute atomic E-state index is 0.122. The average Bonchev–Trinajstić information content (AvgIpc) is 2.92. The molecule has 2 aromatic heterocycles. The lowest BCUT2D eigenvalue weighted by Crippen LogP contribution is -1.96. The van der Waals surface area contributed by atoms with E-state index in [1.54, 1.807) is 34.9 Å². The number of halogens is 1. The van der Waals surface area contributed by atoms with Gasteiger partial charge in [0.1, 0.15) is 17.1 Å². The van der Waals surface area contributed by atoms with Crippen molar-refractivity contribution in [3.8, 4) is 5.75 Å². The van der Waals surface area contributed by atoms with Gasteiger partial charge in [0, 0.05) is 12.3 Å². The fraction of sp³-hybridized carbons (Fsp3) is 0.125. The minimum atomic E-state index is -1.18. The van der Waals surface area contributed by atoms with E-state index in [0.29, 0.717) is 22.1 Å². The Morgan fingerprint density at radius 2 is 2.08 bits per heavy atom. The number of hydrogen-bond donors (Lipinski definition) is 1. The number of carboxylic acids is 1. The first-order valence-corrected chi connectivity index (χ1v) is 7.34. The number of imidazole rings is 1. The van der Waals surface area contributed by atoms with E-state index in [-0.39, 0.29) is 11.5 Å². The number of ether oxygens (including phenoxy) is 1. The number of nitrogens with zero attached hydrogens (tertiary/aromatic N) is 4. The van der Waals surface area contributed by atoms with Gasteiger partial charge in [0.2, 0.25) is 0 Å². The van der Waals surface area contributed by atoms with Crippen molar-refractivity contribution < 1.29 is 14.6 Å². The molecule has 0 atom stereocenters. The zero-order valence-electron chi connectivity index (χ0n) is 12.9. The van der Waals surface area contributed by atoms with E-state index in [4.69, 9.17) is 16.3 Å². The monoisotopic (exact) mass is 344 g/mol. The molecule has 0 aliphatic heterocycles. The van der Waals surface area contributed by atoms with Gasteiger partial charge in [0.15, 0.2) is 11.5 Å². The summed E-state index contributed by atoms with van der Waals surface area (Å²) in [5.74, 6) is -0.487. The molecule has 1 N–H and O–H groups in total. The quantitative estimate of drug-likeness (QED) is 0.709. The fourth-order valence-corrected chi connectivity index (χ4v) is 2.33. The van der Waals surface area contributed by atoms with Crippen LogP contribution in [0.4, 0.5) is 11.5 Å². The third kappa shape index (κ3) is 2.93. The molecular weight excluding hydrogens is 332 g/mol. The molecule has 1 aromatic carbocycles. The van der Waals surface area contributed by atoms with Crippen LogP contribution in [0.3, 0.4) is 0 Å². The summed E-state index contributed by atoms with van der Waals surface area (Å²) in [6, 6.07) is 8.53. The van der Waals surface area contributed by atoms with Crippen LogP contribution in [0, 0.1) is 6.92 Å². The molecule has 0 bridgehead atoms. The number of aryl methyl sites for hydroxylation is 1. The third-order valence-electron chi connectivity index (χ3n) is 3.36. The van der Waals surface area contributed by atoms with Gasteiger partial charge in [-0.3, -0.25) is 4.40 Å². The van der Waals surface area contributed by atoms with Gasteiger partial charge in [-0.05, 0) is 36.8 Å². The van der Waals surface area contributed by atoms with Crippen molar-refractivity contribution in [3.05, 3.63) is 52.8 Å². The number of pyridine rings is 1. The summed E-state index contributed by atoms with van der Waals surface area (Å²) < 4.78 is 6.68. The lowest BCUT2D eigenvalue weighted by Gasteiger charge is -2.02. The van der Waals surface area contributed by atoms with Crippen LogP contribution >= 0.6 is 11.6 Å². The van der Waals surface area contributed by atoms with Crippen molar-refractivity contribution in [2.75, 3.05) is 7.11 Å². The van der Waals surface area contributed by atoms with Crippen molar-refractivity contribution in [1.29, 1.82) is 0 Å². The Bertz CT molecular complexity index is 965. The minimum Gasteiger partial charge on any atom is -0.497 e. The molecule has 0 unspecified atom stereocenters. The molecule has 0 radical (unpaired) electrons. The summed E-state index contributed by atoms with van der Waals surface area (Å²) in [6.45, 7) is 1.90. The number of benzene rings is 1. The molecule has 0 amide bonds. The van der Waals surface area contributed by atoms with Crippen molar-refractivity contribution >= 4 is 34.7 Å². The van der Waals surface area contributed by atoms with Gasteiger partial charge in [-0.25, -0.2) is 9.78 Å². The Kier molecular flexibility index (Phi) is 4.18. The lowest BCUT2D eigenvalue weighted by molar-refractivity contribution is 0.0692. The second-order valence-electron chi connectivity index (χ2n) is 5.04. The van der Waals surface area contributed by atoms with Crippen LogP contribution in [0.15, 0.2) is 46.8 Å². The number of methoxy groups -OCH3 is 1. The van der Waals surface area contributed by atoms with Gasteiger partial charge in [0.25, 0.3) is 0 Å². The van der Waals surface area contributed by atoms with Gasteiger partial charge in [0.05, 0.1) is 12.1 Å². The van der Waals surface area contributed by atoms with Gasteiger partial charge in [-0.15, -0.1) is 10.2 Å². The van der Waals surface area contributed by atoms with E-state index in [9.17, 15) is 9.90 Å². The van der Waals surface area contributed by atoms with E-state index in [0.717, 1.165) is 5.56 Å². The van der Waals surface area contributed by atoms with Crippen molar-refractivity contribution in [2.45, 2.75) is 6.92 Å². The highest BCUT2D eigenvalue weighted by atomic mass is 35.5. The molecule has 2 heterocycles. The maximum Gasteiger partial charge on any atom is 0.358 e. The molecule has 0 aliphatic rings. The molecule has 7 nitrogen and oxygen atoms in total. The summed E-state index contributed by atoms with van der Waals surface area (Å²) in [4.78, 5) is 15.5. The second kappa shape index (κ2) is 6.29. The SMILES string of the molecule is COc1ccc(Cl)c(N=Nc2c(C(=O)O)nc3cc(C)ccn23)c1. The number of aromatic nitrogens is 2. The molecule has 24 heavy (non-hydrogen) atoms. The van der Waals surface area contributed by atoms with Crippen LogP contribution < -0.4 is 4.74 Å². The molecule has 0 fully saturated rings. The number of carboxylic acid groups (broad SMARTS) is 1. The summed E-state index contributed by atoms with van der Waals surface area (Å²) in [6.07, 6.45) is 1.70. The standard InChI is InChI=1S/C16H13ClN4O3/c1-9-5-6-21-13(7-9)18-14(16(22)23)15(21)20-19-12-8-10(24-2)3-4-11(12)17/h3-8H,1-2H3,(H,22,23). The Labute approximate surface area is 142 Å². The first kappa shape index (κ1) is 15.9. The molecule has 0 spiro atoms. The first-order valence-electron chi connectivity index (χ1n) is 6.97. The highest BCUT2D eigenvalue weighted by Gasteiger charge is 2.18. The smallest absolute Gasteiger partial charge is 0.358 e. The van der Waals surface area contributed by atoms with Crippen molar-refractivity contribution in [2.24, 2.45) is 10.2 Å². The van der Waals surface area contributed by atoms with E-state index in [2.05, 4.69) is 15.2 Å². The van der Waals surface area contributed by atoms with E-state index < -0.39 is 5.97 Å². The number of carbonyl (C=O) groups is 1. The average molecular weight is 345 g/mol. The molecule has 0 saturated heterocycles. The zero-order chi connectivity index (χ0) is 17.3. The maximum atomic E-state index is 11.4. The van der Waals surface area contributed by atoms with E-state index in [1.165, 1.54) is 7.11 Å². The lowest BCUT2D eigenvalue weighted by atomic mass is 10.3. The predicted molar refractivity (Wildman–Crippen MR) is 89.1 cm³/mol. The number of aromatic carboxylic acids is 1. The largest absolute Gasteiger partial charge is 0.497 e. The van der Waals surface area contributed by atoms with Crippen LogP contribution in [-0.4, -0.2) is 27.6 Å². The molecule has 8 heteroatoms. The topological polar surface area (TPSA) is 88.5 Å². The van der Waals surface area contributed by atoms with Crippen LogP contribution in [0.1, 0.15) is 16.1 Å². The van der Waals surface area contributed by atoms with Crippen molar-refractivity contribution in [1.82, 2.24) is 9.38 Å². The van der Waals surface area contributed by atoms with Crippen LogP contribution in [0.5, 0.6) is 5.75 Å². The number of hydrogen-bond acceptors (Lipinski definition) is 5. The first-order chi connectivity index (χ1) is 11.5. The molecule has 0 saturated carbocycles. The Morgan fingerprint density at radius 3 is 2.79 bits per heavy atom. The Hall–Kier alpha value is -2.93. The second-order valence-corrected chi connectivity index (χ2v) is 5.45. The molecular formula is C16H13ClN4O3. The number of fused-ring (bicyclic) bond motifs is 1. The van der Waals surface area contributed by atoms with Gasteiger partial charge >= 0.3 is 5.97 Å². The van der Waals surface area contributed by atoms with E-state index in [1.807, 2.05) is 13.0 Å². The zero-order valence-corrected chi connectivity index (χ0v) is 13.7. The van der Waals surface area contributed by atoms with E-state index >= 15 is 0 Å². The summed E-state index contributed by atoms with van der Waals surface area (Å²) in [5.41, 5.74) is 1.64. The predicted octanol–water partition coefficient (Wildman–Crippen LogP) is 4.42. The highest BCUT2D eigenvalue weighted by Crippen LogP contribution is 2.31. The fourth-order valence-electron chi connectivity index (χ4n) is 2.17. The number of rotatable bonds is 4. The van der Waals surface area contributed by atoms with Gasteiger partial charge in [-0.1, -0.05) is 11.6 Å². The molecule has 3 rings (SSSR count). The highest BCUT2D eigenvalue weighted by molar-refractivity contribution is 6.33. The Morgan fingerprint density at radius 1 is 1.29 bits per heavy atom. The molecule has 122 valence electrons. The summed E-state index contributed by atoms with van der Waals surface area (Å²) in [5, 5.41) is 17.8. The molecule has 0 aliphatic carbocycles.